The molecule has 3 heterocycles. The number of anilines is 1. The summed E-state index contributed by atoms with van der Waals surface area (Å²) < 4.78 is 5.87. The third-order valence-corrected chi connectivity index (χ3v) is 5.11. The average molecular weight is 345 g/mol. The molecule has 1 aliphatic rings. The average Bonchev–Trinajstić information content (AvgIpc) is 3.12. The summed E-state index contributed by atoms with van der Waals surface area (Å²) in [7, 11) is 1.89. The molecule has 2 aromatic rings. The Kier molecular flexibility index (Phi) is 5.48. The van der Waals surface area contributed by atoms with Crippen LogP contribution >= 0.6 is 11.3 Å². The SMILES string of the molecule is CNc1cc(C)nc([C@@H]2CN(C(=O)CCc3cccs3)CCO2)c1. The van der Waals surface area contributed by atoms with Crippen LogP contribution in [0.2, 0.25) is 0 Å². The predicted molar refractivity (Wildman–Crippen MR) is 96.4 cm³/mol. The Bertz CT molecular complexity index is 688. The van der Waals surface area contributed by atoms with Gasteiger partial charge in [0.1, 0.15) is 6.10 Å². The van der Waals surface area contributed by atoms with Gasteiger partial charge in [0.25, 0.3) is 0 Å². The van der Waals surface area contributed by atoms with E-state index < -0.39 is 0 Å². The van der Waals surface area contributed by atoms with Gasteiger partial charge < -0.3 is 15.0 Å². The van der Waals surface area contributed by atoms with Crippen LogP contribution in [0.1, 0.15) is 28.8 Å². The number of nitrogens with zero attached hydrogens (tertiary/aromatic N) is 2. The van der Waals surface area contributed by atoms with Gasteiger partial charge in [0.2, 0.25) is 5.91 Å². The minimum Gasteiger partial charge on any atom is -0.388 e. The molecule has 24 heavy (non-hydrogen) atoms. The van der Waals surface area contributed by atoms with Crippen molar-refractivity contribution >= 4 is 22.9 Å². The number of carbonyl (C=O) groups is 1. The summed E-state index contributed by atoms with van der Waals surface area (Å²) >= 11 is 1.70. The number of nitrogens with one attached hydrogen (secondary N) is 1. The lowest BCUT2D eigenvalue weighted by atomic mass is 10.1. The quantitative estimate of drug-likeness (QED) is 0.905. The van der Waals surface area contributed by atoms with Crippen LogP contribution in [0.15, 0.2) is 29.6 Å². The summed E-state index contributed by atoms with van der Waals surface area (Å²) in [5, 5.41) is 5.19. The standard InChI is InChI=1S/C18H23N3O2S/c1-13-10-14(19-2)11-16(20-13)17-12-21(7-8-23-17)18(22)6-5-15-4-3-9-24-15/h3-4,9-11,17H,5-8,12H2,1-2H3,(H,19,20)/t17-/m0/s1. The van der Waals surface area contributed by atoms with E-state index in [0.29, 0.717) is 26.1 Å². The number of ether oxygens (including phenoxy) is 1. The van der Waals surface area contributed by atoms with Gasteiger partial charge in [0, 0.05) is 36.3 Å². The van der Waals surface area contributed by atoms with E-state index in [0.717, 1.165) is 23.5 Å². The largest absolute Gasteiger partial charge is 0.388 e. The number of hydrogen-bond acceptors (Lipinski definition) is 5. The Morgan fingerprint density at radius 1 is 1.50 bits per heavy atom. The minimum absolute atomic E-state index is 0.156. The first-order valence-electron chi connectivity index (χ1n) is 8.24. The van der Waals surface area contributed by atoms with Gasteiger partial charge in [-0.15, -0.1) is 11.3 Å². The molecule has 3 rings (SSSR count). The van der Waals surface area contributed by atoms with Crippen molar-refractivity contribution in [2.75, 3.05) is 32.1 Å². The molecule has 0 bridgehead atoms. The number of carbonyl (C=O) groups excluding carboxylic acids is 1. The highest BCUT2D eigenvalue weighted by molar-refractivity contribution is 7.09. The van der Waals surface area contributed by atoms with Crippen LogP contribution in [-0.2, 0) is 16.0 Å². The number of rotatable bonds is 5. The Balaban J connectivity index is 1.63. The fourth-order valence-corrected chi connectivity index (χ4v) is 3.61. The van der Waals surface area contributed by atoms with E-state index in [9.17, 15) is 4.79 Å². The highest BCUT2D eigenvalue weighted by Gasteiger charge is 2.26. The van der Waals surface area contributed by atoms with E-state index in [-0.39, 0.29) is 12.0 Å². The predicted octanol–water partition coefficient (Wildman–Crippen LogP) is 3.03. The second kappa shape index (κ2) is 7.77. The van der Waals surface area contributed by atoms with Crippen molar-refractivity contribution in [2.24, 2.45) is 0 Å². The third kappa shape index (κ3) is 4.13. The lowest BCUT2D eigenvalue weighted by Crippen LogP contribution is -2.42. The van der Waals surface area contributed by atoms with Gasteiger partial charge in [0.05, 0.1) is 18.8 Å². The number of pyridine rings is 1. The van der Waals surface area contributed by atoms with Crippen molar-refractivity contribution in [3.63, 3.8) is 0 Å². The molecule has 0 unspecified atom stereocenters. The van der Waals surface area contributed by atoms with Crippen molar-refractivity contribution in [1.29, 1.82) is 0 Å². The topological polar surface area (TPSA) is 54.5 Å². The molecule has 128 valence electrons. The number of aryl methyl sites for hydroxylation is 2. The van der Waals surface area contributed by atoms with Crippen molar-refractivity contribution in [2.45, 2.75) is 25.9 Å². The maximum Gasteiger partial charge on any atom is 0.223 e. The van der Waals surface area contributed by atoms with Crippen LogP contribution in [-0.4, -0.2) is 42.5 Å². The minimum atomic E-state index is -0.156. The van der Waals surface area contributed by atoms with Crippen LogP contribution in [0.25, 0.3) is 0 Å². The number of amides is 1. The smallest absolute Gasteiger partial charge is 0.223 e. The molecule has 5 nitrogen and oxygen atoms in total. The zero-order valence-corrected chi connectivity index (χ0v) is 14.9. The van der Waals surface area contributed by atoms with Crippen molar-refractivity contribution in [3.05, 3.63) is 45.9 Å². The Hall–Kier alpha value is -1.92. The van der Waals surface area contributed by atoms with Crippen molar-refractivity contribution in [3.8, 4) is 0 Å². The van der Waals surface area contributed by atoms with E-state index in [4.69, 9.17) is 4.74 Å². The van der Waals surface area contributed by atoms with E-state index in [2.05, 4.69) is 16.4 Å². The molecule has 0 spiro atoms. The molecule has 1 N–H and O–H groups in total. The Morgan fingerprint density at radius 2 is 2.38 bits per heavy atom. The zero-order chi connectivity index (χ0) is 16.9. The summed E-state index contributed by atoms with van der Waals surface area (Å²) in [4.78, 5) is 20.3. The second-order valence-corrected chi connectivity index (χ2v) is 6.98. The van der Waals surface area contributed by atoms with Gasteiger partial charge in [-0.1, -0.05) is 6.07 Å². The molecular weight excluding hydrogens is 322 g/mol. The third-order valence-electron chi connectivity index (χ3n) is 4.18. The summed E-state index contributed by atoms with van der Waals surface area (Å²) in [6.07, 6.45) is 1.21. The lowest BCUT2D eigenvalue weighted by Gasteiger charge is -2.33. The molecule has 6 heteroatoms. The van der Waals surface area contributed by atoms with E-state index in [1.807, 2.05) is 42.5 Å². The number of morpholine rings is 1. The first-order chi connectivity index (χ1) is 11.7. The van der Waals surface area contributed by atoms with Crippen molar-refractivity contribution < 1.29 is 9.53 Å². The molecule has 1 saturated heterocycles. The molecule has 2 aromatic heterocycles. The Labute approximate surface area is 146 Å². The monoisotopic (exact) mass is 345 g/mol. The van der Waals surface area contributed by atoms with Crippen LogP contribution in [0.4, 0.5) is 5.69 Å². The second-order valence-electron chi connectivity index (χ2n) is 5.95. The van der Waals surface area contributed by atoms with E-state index in [1.165, 1.54) is 4.88 Å². The first kappa shape index (κ1) is 16.9. The number of hydrogen-bond donors (Lipinski definition) is 1. The molecule has 1 amide bonds. The zero-order valence-electron chi connectivity index (χ0n) is 14.1. The normalized spacial score (nSPS) is 17.8. The van der Waals surface area contributed by atoms with E-state index in [1.54, 1.807) is 11.3 Å². The van der Waals surface area contributed by atoms with E-state index >= 15 is 0 Å². The summed E-state index contributed by atoms with van der Waals surface area (Å²) in [6, 6.07) is 8.10. The summed E-state index contributed by atoms with van der Waals surface area (Å²) in [5.41, 5.74) is 2.85. The molecule has 1 fully saturated rings. The summed E-state index contributed by atoms with van der Waals surface area (Å²) in [6.45, 7) is 3.75. The number of thiophene rings is 1. The fraction of sp³-hybridized carbons (Fsp3) is 0.444. The maximum absolute atomic E-state index is 12.5. The van der Waals surface area contributed by atoms with Gasteiger partial charge in [-0.05, 0) is 36.9 Å². The van der Waals surface area contributed by atoms with Crippen LogP contribution in [0.3, 0.4) is 0 Å². The molecule has 0 aromatic carbocycles. The van der Waals surface area contributed by atoms with Crippen LogP contribution in [0, 0.1) is 6.92 Å². The van der Waals surface area contributed by atoms with Gasteiger partial charge in [0.15, 0.2) is 0 Å². The molecule has 0 radical (unpaired) electrons. The molecule has 1 atom stereocenters. The molecule has 0 saturated carbocycles. The van der Waals surface area contributed by atoms with Crippen LogP contribution < -0.4 is 5.32 Å². The Morgan fingerprint density at radius 3 is 3.12 bits per heavy atom. The first-order valence-corrected chi connectivity index (χ1v) is 9.12. The van der Waals surface area contributed by atoms with Gasteiger partial charge in [-0.3, -0.25) is 9.78 Å². The molecule has 0 aliphatic carbocycles. The fourth-order valence-electron chi connectivity index (χ4n) is 2.90. The van der Waals surface area contributed by atoms with Crippen LogP contribution in [0.5, 0.6) is 0 Å². The van der Waals surface area contributed by atoms with Gasteiger partial charge in [-0.25, -0.2) is 0 Å². The summed E-state index contributed by atoms with van der Waals surface area (Å²) in [5.74, 6) is 0.193. The maximum atomic E-state index is 12.5. The molecular formula is C18H23N3O2S. The van der Waals surface area contributed by atoms with Gasteiger partial charge >= 0.3 is 0 Å². The highest BCUT2D eigenvalue weighted by Crippen LogP contribution is 2.24. The lowest BCUT2D eigenvalue weighted by molar-refractivity contribution is -0.139. The molecule has 1 aliphatic heterocycles. The van der Waals surface area contributed by atoms with Gasteiger partial charge in [-0.2, -0.15) is 0 Å². The number of aromatic nitrogens is 1. The highest BCUT2D eigenvalue weighted by atomic mass is 32.1. The van der Waals surface area contributed by atoms with Crippen molar-refractivity contribution in [1.82, 2.24) is 9.88 Å².